The summed E-state index contributed by atoms with van der Waals surface area (Å²) >= 11 is 3.46. The second-order valence-electron chi connectivity index (χ2n) is 4.95. The van der Waals surface area contributed by atoms with E-state index < -0.39 is 0 Å². The van der Waals surface area contributed by atoms with Crippen LogP contribution in [0.2, 0.25) is 0 Å². The quantitative estimate of drug-likeness (QED) is 0.904. The maximum absolute atomic E-state index is 13.9. The molecule has 0 spiro atoms. The molecule has 2 N–H and O–H groups in total. The van der Waals surface area contributed by atoms with Crippen LogP contribution in [0.1, 0.15) is 24.1 Å². The molecule has 4 heteroatoms. The fourth-order valence-electron chi connectivity index (χ4n) is 2.30. The summed E-state index contributed by atoms with van der Waals surface area (Å²) in [6.07, 6.45) is 0. The van der Waals surface area contributed by atoms with Gasteiger partial charge in [-0.3, -0.25) is 0 Å². The van der Waals surface area contributed by atoms with Gasteiger partial charge in [-0.2, -0.15) is 0 Å². The summed E-state index contributed by atoms with van der Waals surface area (Å²) in [4.78, 5) is 2.02. The first-order valence-electron chi connectivity index (χ1n) is 6.48. The van der Waals surface area contributed by atoms with Crippen LogP contribution >= 0.6 is 15.9 Å². The van der Waals surface area contributed by atoms with Crippen molar-refractivity contribution in [1.82, 2.24) is 0 Å². The molecule has 0 aliphatic carbocycles. The Hall–Kier alpha value is -1.39. The highest BCUT2D eigenvalue weighted by molar-refractivity contribution is 9.10. The van der Waals surface area contributed by atoms with Crippen LogP contribution in [0.25, 0.3) is 0 Å². The van der Waals surface area contributed by atoms with Crippen molar-refractivity contribution >= 4 is 21.6 Å². The number of hydrogen-bond acceptors (Lipinski definition) is 2. The first kappa shape index (κ1) is 15.0. The molecule has 106 valence electrons. The van der Waals surface area contributed by atoms with Crippen LogP contribution in [0, 0.1) is 5.82 Å². The lowest BCUT2D eigenvalue weighted by Crippen LogP contribution is -2.21. The zero-order valence-corrected chi connectivity index (χ0v) is 13.2. The number of rotatable bonds is 4. The minimum atomic E-state index is -0.337. The van der Waals surface area contributed by atoms with Crippen LogP contribution in [-0.2, 0) is 6.54 Å². The molecule has 0 aliphatic rings. The molecule has 2 aromatic carbocycles. The standard InChI is InChI=1S/C16H18BrFN2/c1-11(19)16-14(18)7-4-8-15(16)20(2)10-12-5-3-6-13(17)9-12/h3-9,11H,10,19H2,1-2H3/t11-/m1/s1. The first-order valence-corrected chi connectivity index (χ1v) is 7.28. The zero-order chi connectivity index (χ0) is 14.7. The van der Waals surface area contributed by atoms with Gasteiger partial charge in [0.05, 0.1) is 0 Å². The molecule has 0 aromatic heterocycles. The number of nitrogens with two attached hydrogens (primary N) is 1. The van der Waals surface area contributed by atoms with E-state index in [2.05, 4.69) is 22.0 Å². The molecular weight excluding hydrogens is 319 g/mol. The molecule has 0 bridgehead atoms. The Kier molecular flexibility index (Phi) is 4.78. The molecule has 0 radical (unpaired) electrons. The maximum atomic E-state index is 13.9. The Balaban J connectivity index is 2.30. The smallest absolute Gasteiger partial charge is 0.130 e. The molecule has 20 heavy (non-hydrogen) atoms. The molecule has 2 aromatic rings. The Labute approximate surface area is 127 Å². The van der Waals surface area contributed by atoms with E-state index in [0.29, 0.717) is 12.1 Å². The molecule has 0 aliphatic heterocycles. The lowest BCUT2D eigenvalue weighted by Gasteiger charge is -2.24. The molecule has 2 rings (SSSR count). The topological polar surface area (TPSA) is 29.3 Å². The summed E-state index contributed by atoms with van der Waals surface area (Å²) < 4.78 is 15.0. The summed E-state index contributed by atoms with van der Waals surface area (Å²) in [7, 11) is 1.95. The first-order chi connectivity index (χ1) is 9.49. The Morgan fingerprint density at radius 3 is 2.60 bits per heavy atom. The van der Waals surface area contributed by atoms with E-state index in [1.807, 2.05) is 36.2 Å². The van der Waals surface area contributed by atoms with Gasteiger partial charge in [0.25, 0.3) is 0 Å². The van der Waals surface area contributed by atoms with Gasteiger partial charge in [0, 0.05) is 35.4 Å². The van der Waals surface area contributed by atoms with Gasteiger partial charge in [0.15, 0.2) is 0 Å². The van der Waals surface area contributed by atoms with Gasteiger partial charge in [0.1, 0.15) is 5.82 Å². The number of halogens is 2. The molecule has 0 fully saturated rings. The summed E-state index contributed by atoms with van der Waals surface area (Å²) in [5.41, 5.74) is 8.44. The Morgan fingerprint density at radius 1 is 1.25 bits per heavy atom. The van der Waals surface area contributed by atoms with Gasteiger partial charge in [0.2, 0.25) is 0 Å². The Bertz CT molecular complexity index is 599. The van der Waals surface area contributed by atoms with Crippen LogP contribution in [0.5, 0.6) is 0 Å². The van der Waals surface area contributed by atoms with Crippen molar-refractivity contribution in [3.8, 4) is 0 Å². The summed E-state index contributed by atoms with van der Waals surface area (Å²) in [6, 6.07) is 12.8. The van der Waals surface area contributed by atoms with Crippen LogP contribution < -0.4 is 10.6 Å². The van der Waals surface area contributed by atoms with E-state index in [-0.39, 0.29) is 11.9 Å². The highest BCUT2D eigenvalue weighted by Gasteiger charge is 2.15. The van der Waals surface area contributed by atoms with Gasteiger partial charge in [-0.1, -0.05) is 34.1 Å². The molecular formula is C16H18BrFN2. The Morgan fingerprint density at radius 2 is 1.95 bits per heavy atom. The fraction of sp³-hybridized carbons (Fsp3) is 0.250. The third-order valence-corrected chi connectivity index (χ3v) is 3.70. The van der Waals surface area contributed by atoms with Crippen LogP contribution in [0.4, 0.5) is 10.1 Å². The molecule has 0 unspecified atom stereocenters. The molecule has 0 heterocycles. The van der Waals surface area contributed by atoms with Crippen molar-refractivity contribution in [2.75, 3.05) is 11.9 Å². The predicted octanol–water partition coefficient (Wildman–Crippen LogP) is 4.24. The second-order valence-corrected chi connectivity index (χ2v) is 5.86. The summed E-state index contributed by atoms with van der Waals surface area (Å²) in [5.74, 6) is -0.251. The van der Waals surface area contributed by atoms with E-state index in [4.69, 9.17) is 5.73 Å². The lowest BCUT2D eigenvalue weighted by molar-refractivity contribution is 0.592. The van der Waals surface area contributed by atoms with Crippen molar-refractivity contribution in [3.63, 3.8) is 0 Å². The van der Waals surface area contributed by atoms with E-state index in [9.17, 15) is 4.39 Å². The zero-order valence-electron chi connectivity index (χ0n) is 11.6. The van der Waals surface area contributed by atoms with Crippen molar-refractivity contribution in [1.29, 1.82) is 0 Å². The summed E-state index contributed by atoms with van der Waals surface area (Å²) in [5, 5.41) is 0. The monoisotopic (exact) mass is 336 g/mol. The number of anilines is 1. The molecule has 0 saturated heterocycles. The van der Waals surface area contributed by atoms with E-state index in [1.54, 1.807) is 13.0 Å². The molecule has 0 saturated carbocycles. The number of benzene rings is 2. The highest BCUT2D eigenvalue weighted by atomic mass is 79.9. The highest BCUT2D eigenvalue weighted by Crippen LogP contribution is 2.28. The maximum Gasteiger partial charge on any atom is 0.130 e. The fourth-order valence-corrected chi connectivity index (χ4v) is 2.75. The van der Waals surface area contributed by atoms with Crippen LogP contribution in [-0.4, -0.2) is 7.05 Å². The third-order valence-electron chi connectivity index (χ3n) is 3.21. The van der Waals surface area contributed by atoms with E-state index in [1.165, 1.54) is 6.07 Å². The third kappa shape index (κ3) is 3.38. The van der Waals surface area contributed by atoms with Gasteiger partial charge < -0.3 is 10.6 Å². The minimum Gasteiger partial charge on any atom is -0.370 e. The van der Waals surface area contributed by atoms with E-state index >= 15 is 0 Å². The average Bonchev–Trinajstić information content (AvgIpc) is 2.37. The lowest BCUT2D eigenvalue weighted by atomic mass is 10.0. The largest absolute Gasteiger partial charge is 0.370 e. The molecule has 2 nitrogen and oxygen atoms in total. The van der Waals surface area contributed by atoms with Gasteiger partial charge in [-0.05, 0) is 36.8 Å². The SMILES string of the molecule is C[C@@H](N)c1c(F)cccc1N(C)Cc1cccc(Br)c1. The van der Waals surface area contributed by atoms with E-state index in [0.717, 1.165) is 15.7 Å². The predicted molar refractivity (Wildman–Crippen MR) is 85.3 cm³/mol. The molecule has 0 amide bonds. The normalized spacial score (nSPS) is 12.2. The minimum absolute atomic E-state index is 0.251. The summed E-state index contributed by atoms with van der Waals surface area (Å²) in [6.45, 7) is 2.50. The van der Waals surface area contributed by atoms with Crippen molar-refractivity contribution in [2.24, 2.45) is 5.73 Å². The van der Waals surface area contributed by atoms with Crippen molar-refractivity contribution in [3.05, 3.63) is 63.9 Å². The van der Waals surface area contributed by atoms with Gasteiger partial charge >= 0.3 is 0 Å². The second kappa shape index (κ2) is 6.37. The van der Waals surface area contributed by atoms with Crippen molar-refractivity contribution < 1.29 is 4.39 Å². The average molecular weight is 337 g/mol. The van der Waals surface area contributed by atoms with Crippen LogP contribution in [0.3, 0.4) is 0 Å². The van der Waals surface area contributed by atoms with Crippen molar-refractivity contribution in [2.45, 2.75) is 19.5 Å². The number of hydrogen-bond donors (Lipinski definition) is 1. The molecule has 1 atom stereocenters. The van der Waals surface area contributed by atoms with Gasteiger partial charge in [-0.25, -0.2) is 4.39 Å². The van der Waals surface area contributed by atoms with Gasteiger partial charge in [-0.15, -0.1) is 0 Å². The van der Waals surface area contributed by atoms with Crippen LogP contribution in [0.15, 0.2) is 46.9 Å². The number of nitrogens with zero attached hydrogens (tertiary/aromatic N) is 1.